The van der Waals surface area contributed by atoms with E-state index in [0.717, 1.165) is 15.8 Å². The van der Waals surface area contributed by atoms with Gasteiger partial charge in [-0.15, -0.1) is 0 Å². The number of nitrogens with one attached hydrogen (secondary N) is 2. The summed E-state index contributed by atoms with van der Waals surface area (Å²) in [6.45, 7) is 1.02. The van der Waals surface area contributed by atoms with Crippen LogP contribution in [0.3, 0.4) is 0 Å². The molecule has 0 saturated carbocycles. The summed E-state index contributed by atoms with van der Waals surface area (Å²) in [5.74, 6) is -1.09. The van der Waals surface area contributed by atoms with Crippen LogP contribution in [0.2, 0.25) is 0 Å². The summed E-state index contributed by atoms with van der Waals surface area (Å²) in [6.07, 6.45) is -0.910. The van der Waals surface area contributed by atoms with Crippen molar-refractivity contribution in [2.75, 3.05) is 7.05 Å². The highest BCUT2D eigenvalue weighted by atomic mass is 19.4. The molecule has 0 radical (unpaired) electrons. The van der Waals surface area contributed by atoms with Crippen molar-refractivity contribution in [3.05, 3.63) is 87.1 Å². The molecule has 0 atom stereocenters. The van der Waals surface area contributed by atoms with Crippen LogP contribution >= 0.6 is 0 Å². The van der Waals surface area contributed by atoms with E-state index in [2.05, 4.69) is 25.5 Å². The molecule has 0 spiro atoms. The molecule has 4 aromatic heterocycles. The molecule has 194 valence electrons. The van der Waals surface area contributed by atoms with Gasteiger partial charge in [0.2, 0.25) is 0 Å². The zero-order chi connectivity index (χ0) is 26.8. The molecule has 0 bridgehead atoms. The molecular formula is C24H18F4N8O2. The Kier molecular flexibility index (Phi) is 5.31. The van der Waals surface area contributed by atoms with Crippen LogP contribution in [-0.4, -0.2) is 47.2 Å². The van der Waals surface area contributed by atoms with Crippen LogP contribution in [0.15, 0.2) is 47.7 Å². The van der Waals surface area contributed by atoms with Gasteiger partial charge in [0.05, 0.1) is 23.1 Å². The second-order valence-corrected chi connectivity index (χ2v) is 8.84. The maximum Gasteiger partial charge on any atom is 0.420 e. The number of amides is 1. The van der Waals surface area contributed by atoms with Gasteiger partial charge in [0.1, 0.15) is 16.6 Å². The summed E-state index contributed by atoms with van der Waals surface area (Å²) in [5, 5.41) is 10.8. The number of nitrogens with zero attached hydrogens (tertiary/aromatic N) is 6. The van der Waals surface area contributed by atoms with E-state index in [9.17, 15) is 22.8 Å². The lowest BCUT2D eigenvalue weighted by atomic mass is 10.1. The highest BCUT2D eigenvalue weighted by Crippen LogP contribution is 2.33. The van der Waals surface area contributed by atoms with Gasteiger partial charge in [-0.3, -0.25) is 14.5 Å². The van der Waals surface area contributed by atoms with Gasteiger partial charge in [-0.2, -0.15) is 23.4 Å². The monoisotopic (exact) mass is 526 g/mol. The molecular weight excluding hydrogens is 508 g/mol. The smallest absolute Gasteiger partial charge is 0.354 e. The van der Waals surface area contributed by atoms with Crippen LogP contribution in [0, 0.1) is 5.82 Å². The Labute approximate surface area is 210 Å². The minimum absolute atomic E-state index is 0.0146. The Bertz CT molecular complexity index is 1780. The third kappa shape index (κ3) is 3.72. The zero-order valence-corrected chi connectivity index (χ0v) is 19.7. The first-order chi connectivity index (χ1) is 18.2. The maximum absolute atomic E-state index is 15.4. The molecule has 1 amide bonds. The summed E-state index contributed by atoms with van der Waals surface area (Å²) in [7, 11) is 1.51. The number of halogens is 4. The highest BCUT2D eigenvalue weighted by Gasteiger charge is 2.36. The Hall–Kier alpha value is -4.59. The van der Waals surface area contributed by atoms with E-state index in [1.807, 2.05) is 4.90 Å². The summed E-state index contributed by atoms with van der Waals surface area (Å²) < 4.78 is 57.6. The predicted molar refractivity (Wildman–Crippen MR) is 126 cm³/mol. The summed E-state index contributed by atoms with van der Waals surface area (Å²) >= 11 is 0. The third-order valence-corrected chi connectivity index (χ3v) is 6.47. The average molecular weight is 526 g/mol. The van der Waals surface area contributed by atoms with Crippen LogP contribution in [-0.2, 0) is 25.8 Å². The molecule has 2 N–H and O–H groups in total. The van der Waals surface area contributed by atoms with Crippen LogP contribution in [0.5, 0.6) is 0 Å². The van der Waals surface area contributed by atoms with Gasteiger partial charge in [0.15, 0.2) is 11.5 Å². The van der Waals surface area contributed by atoms with Crippen molar-refractivity contribution >= 4 is 22.5 Å². The quantitative estimate of drug-likeness (QED) is 0.349. The molecule has 38 heavy (non-hydrogen) atoms. The Morgan fingerprint density at radius 2 is 2.03 bits per heavy atom. The SMILES string of the molecule is CNC(=O)c1ncccc1-n1cc2c(n1)CN(Cc1ccc3c([nH]c(=O)c4c(C(F)(F)F)cnn43)c1F)C2. The van der Waals surface area contributed by atoms with Gasteiger partial charge in [-0.25, -0.2) is 18.6 Å². The summed E-state index contributed by atoms with van der Waals surface area (Å²) in [4.78, 5) is 32.9. The largest absolute Gasteiger partial charge is 0.420 e. The van der Waals surface area contributed by atoms with Crippen molar-refractivity contribution in [1.82, 2.24) is 39.6 Å². The van der Waals surface area contributed by atoms with Crippen LogP contribution < -0.4 is 10.9 Å². The third-order valence-electron chi connectivity index (χ3n) is 6.47. The normalized spacial score (nSPS) is 13.9. The molecule has 10 nitrogen and oxygen atoms in total. The van der Waals surface area contributed by atoms with Crippen molar-refractivity contribution in [1.29, 1.82) is 0 Å². The molecule has 14 heteroatoms. The van der Waals surface area contributed by atoms with Gasteiger partial charge < -0.3 is 10.3 Å². The van der Waals surface area contributed by atoms with Gasteiger partial charge in [-0.1, -0.05) is 6.07 Å². The van der Waals surface area contributed by atoms with E-state index in [1.54, 1.807) is 23.0 Å². The Balaban J connectivity index is 1.28. The van der Waals surface area contributed by atoms with Gasteiger partial charge in [0.25, 0.3) is 11.5 Å². The van der Waals surface area contributed by atoms with E-state index in [-0.39, 0.29) is 34.7 Å². The van der Waals surface area contributed by atoms with Gasteiger partial charge >= 0.3 is 6.18 Å². The fourth-order valence-corrected chi connectivity index (χ4v) is 4.73. The molecule has 0 saturated heterocycles. The Morgan fingerprint density at radius 1 is 1.21 bits per heavy atom. The number of aromatic nitrogens is 6. The lowest BCUT2D eigenvalue weighted by Crippen LogP contribution is -2.22. The van der Waals surface area contributed by atoms with E-state index in [1.165, 1.54) is 25.4 Å². The van der Waals surface area contributed by atoms with Crippen molar-refractivity contribution in [3.63, 3.8) is 0 Å². The van der Waals surface area contributed by atoms with Crippen molar-refractivity contribution in [2.24, 2.45) is 0 Å². The van der Waals surface area contributed by atoms with Crippen LogP contribution in [0.25, 0.3) is 22.2 Å². The molecule has 0 unspecified atom stereocenters. The number of aromatic amines is 1. The number of benzene rings is 1. The second kappa shape index (κ2) is 8.48. The summed E-state index contributed by atoms with van der Waals surface area (Å²) in [6, 6.07) is 6.33. The lowest BCUT2D eigenvalue weighted by molar-refractivity contribution is -0.136. The van der Waals surface area contributed by atoms with E-state index < -0.39 is 28.6 Å². The number of carbonyl (C=O) groups is 1. The first-order valence-corrected chi connectivity index (χ1v) is 11.4. The number of hydrogen-bond donors (Lipinski definition) is 2. The molecule has 5 heterocycles. The minimum Gasteiger partial charge on any atom is -0.354 e. The number of H-pyrrole nitrogens is 1. The fraction of sp³-hybridized carbons (Fsp3) is 0.208. The molecule has 1 aliphatic rings. The molecule has 0 aliphatic carbocycles. The van der Waals surface area contributed by atoms with Crippen molar-refractivity contribution < 1.29 is 22.4 Å². The first kappa shape index (κ1) is 23.8. The highest BCUT2D eigenvalue weighted by molar-refractivity contribution is 5.95. The standard InChI is InChI=1S/C24H18F4N8O2/c1-29-22(37)20-16(3-2-6-30-20)35-10-13-9-34(11-15(13)33-35)8-12-4-5-17-19(18(12)25)32-23(38)21-14(24(26,27)28)7-31-36(17)21/h2-7,10H,8-9,11H2,1H3,(H,29,37)(H,32,38). The number of pyridine rings is 1. The van der Waals surface area contributed by atoms with E-state index in [4.69, 9.17) is 0 Å². The van der Waals surface area contributed by atoms with E-state index in [0.29, 0.717) is 25.0 Å². The number of rotatable bonds is 4. The summed E-state index contributed by atoms with van der Waals surface area (Å²) in [5.41, 5.74) is -0.516. The number of carbonyl (C=O) groups excluding carboxylic acids is 1. The molecule has 1 aromatic carbocycles. The minimum atomic E-state index is -4.78. The van der Waals surface area contributed by atoms with E-state index >= 15 is 4.39 Å². The Morgan fingerprint density at radius 3 is 2.76 bits per heavy atom. The average Bonchev–Trinajstić information content (AvgIpc) is 3.59. The zero-order valence-electron chi connectivity index (χ0n) is 19.7. The topological polar surface area (TPSA) is 113 Å². The molecule has 1 aliphatic heterocycles. The fourth-order valence-electron chi connectivity index (χ4n) is 4.73. The number of hydrogen-bond acceptors (Lipinski definition) is 6. The number of fused-ring (bicyclic) bond motifs is 4. The van der Waals surface area contributed by atoms with Crippen molar-refractivity contribution in [3.8, 4) is 5.69 Å². The van der Waals surface area contributed by atoms with Gasteiger partial charge in [-0.05, 0) is 18.2 Å². The maximum atomic E-state index is 15.4. The predicted octanol–water partition coefficient (Wildman–Crippen LogP) is 2.79. The second-order valence-electron chi connectivity index (χ2n) is 8.84. The lowest BCUT2D eigenvalue weighted by Gasteiger charge is -2.17. The molecule has 0 fully saturated rings. The first-order valence-electron chi connectivity index (χ1n) is 11.4. The molecule has 6 rings (SSSR count). The molecule has 5 aromatic rings. The van der Waals surface area contributed by atoms with Crippen molar-refractivity contribution in [2.45, 2.75) is 25.8 Å². The number of alkyl halides is 3. The van der Waals surface area contributed by atoms with Crippen LogP contribution in [0.4, 0.5) is 17.6 Å². The van der Waals surface area contributed by atoms with Gasteiger partial charge in [0, 0.05) is 50.2 Å². The van der Waals surface area contributed by atoms with Crippen LogP contribution in [0.1, 0.15) is 32.9 Å².